The number of hydrogen-bond acceptors (Lipinski definition) is 2. The van der Waals surface area contributed by atoms with E-state index in [1.54, 1.807) is 0 Å². The Bertz CT molecular complexity index is 424. The van der Waals surface area contributed by atoms with Gasteiger partial charge in [-0.1, -0.05) is 18.2 Å². The third kappa shape index (κ3) is 2.12. The lowest BCUT2D eigenvalue weighted by atomic mass is 9.76. The van der Waals surface area contributed by atoms with Gasteiger partial charge in [-0.3, -0.25) is 0 Å². The van der Waals surface area contributed by atoms with Crippen LogP contribution in [0.2, 0.25) is 0 Å². The second-order valence-corrected chi connectivity index (χ2v) is 5.76. The van der Waals surface area contributed by atoms with Crippen molar-refractivity contribution in [1.82, 2.24) is 0 Å². The lowest BCUT2D eigenvalue weighted by molar-refractivity contribution is 0.0724. The molecule has 0 amide bonds. The molecule has 1 atom stereocenters. The molecule has 98 valence electrons. The van der Waals surface area contributed by atoms with Gasteiger partial charge in [0.2, 0.25) is 0 Å². The van der Waals surface area contributed by atoms with E-state index >= 15 is 4.39 Å². The van der Waals surface area contributed by atoms with Crippen LogP contribution in [-0.2, 0) is 6.42 Å². The van der Waals surface area contributed by atoms with Crippen molar-refractivity contribution in [2.24, 2.45) is 5.73 Å². The first-order chi connectivity index (χ1) is 8.67. The number of nitrogens with two attached hydrogens (primary N) is 1. The van der Waals surface area contributed by atoms with Crippen molar-refractivity contribution in [3.8, 4) is 0 Å². The largest absolute Gasteiger partial charge is 0.379 e. The number of aryl methyl sites for hydroxylation is 1. The number of alkyl halides is 1. The molecular weight excluding hydrogens is 227 g/mol. The summed E-state index contributed by atoms with van der Waals surface area (Å²) in [6.07, 6.45) is 4.71. The number of nitrogens with one attached hydrogen (secondary N) is 1. The minimum absolute atomic E-state index is 0.0418. The van der Waals surface area contributed by atoms with Crippen molar-refractivity contribution < 1.29 is 4.39 Å². The van der Waals surface area contributed by atoms with E-state index in [4.69, 9.17) is 5.73 Å². The van der Waals surface area contributed by atoms with Crippen LogP contribution >= 0.6 is 0 Å². The quantitative estimate of drug-likeness (QED) is 0.801. The van der Waals surface area contributed by atoms with E-state index in [2.05, 4.69) is 17.4 Å². The molecule has 18 heavy (non-hydrogen) atoms. The van der Waals surface area contributed by atoms with Crippen molar-refractivity contribution in [3.05, 3.63) is 29.8 Å². The zero-order valence-corrected chi connectivity index (χ0v) is 10.7. The minimum Gasteiger partial charge on any atom is -0.379 e. The molecule has 0 bridgehead atoms. The Kier molecular flexibility index (Phi) is 3.02. The Morgan fingerprint density at radius 1 is 1.17 bits per heavy atom. The summed E-state index contributed by atoms with van der Waals surface area (Å²) >= 11 is 0. The SMILES string of the molecule is NC1CCC(F)(C2CCc3ccccc3N2)CC1. The van der Waals surface area contributed by atoms with Crippen LogP contribution in [0, 0.1) is 0 Å². The molecule has 1 aromatic carbocycles. The summed E-state index contributed by atoms with van der Waals surface area (Å²) in [5.74, 6) is 0. The topological polar surface area (TPSA) is 38.0 Å². The van der Waals surface area contributed by atoms with Crippen LogP contribution in [-0.4, -0.2) is 17.8 Å². The first-order valence-corrected chi connectivity index (χ1v) is 6.96. The van der Waals surface area contributed by atoms with Gasteiger partial charge in [0, 0.05) is 11.7 Å². The highest BCUT2D eigenvalue weighted by atomic mass is 19.1. The fourth-order valence-corrected chi connectivity index (χ4v) is 3.30. The molecule has 1 aromatic rings. The van der Waals surface area contributed by atoms with Gasteiger partial charge in [-0.05, 0) is 50.2 Å². The predicted molar refractivity (Wildman–Crippen MR) is 72.5 cm³/mol. The summed E-state index contributed by atoms with van der Waals surface area (Å²) in [7, 11) is 0. The zero-order valence-electron chi connectivity index (χ0n) is 10.7. The van der Waals surface area contributed by atoms with E-state index in [9.17, 15) is 0 Å². The van der Waals surface area contributed by atoms with Gasteiger partial charge in [-0.15, -0.1) is 0 Å². The van der Waals surface area contributed by atoms with Gasteiger partial charge in [0.1, 0.15) is 5.67 Å². The van der Waals surface area contributed by atoms with Crippen LogP contribution in [0.25, 0.3) is 0 Å². The van der Waals surface area contributed by atoms with Crippen molar-refractivity contribution in [2.45, 2.75) is 56.3 Å². The standard InChI is InChI=1S/C15H21FN2/c16-15(9-7-12(17)8-10-15)14-6-5-11-3-1-2-4-13(11)18-14/h1-4,12,14,18H,5-10,17H2. The number of hydrogen-bond donors (Lipinski definition) is 2. The predicted octanol–water partition coefficient (Wildman–Crippen LogP) is 3.02. The van der Waals surface area contributed by atoms with Crippen molar-refractivity contribution >= 4 is 5.69 Å². The molecule has 3 N–H and O–H groups in total. The van der Waals surface area contributed by atoms with Gasteiger partial charge in [-0.2, -0.15) is 0 Å². The van der Waals surface area contributed by atoms with Crippen LogP contribution in [0.3, 0.4) is 0 Å². The third-order valence-corrected chi connectivity index (χ3v) is 4.54. The summed E-state index contributed by atoms with van der Waals surface area (Å²) in [4.78, 5) is 0. The summed E-state index contributed by atoms with van der Waals surface area (Å²) in [5, 5.41) is 3.41. The minimum atomic E-state index is -1.07. The van der Waals surface area contributed by atoms with Crippen LogP contribution < -0.4 is 11.1 Å². The van der Waals surface area contributed by atoms with E-state index in [1.807, 2.05) is 12.1 Å². The van der Waals surface area contributed by atoms with Gasteiger partial charge in [0.15, 0.2) is 0 Å². The molecule has 1 aliphatic heterocycles. The molecule has 2 nitrogen and oxygen atoms in total. The monoisotopic (exact) mass is 248 g/mol. The van der Waals surface area contributed by atoms with E-state index < -0.39 is 5.67 Å². The molecule has 3 rings (SSSR count). The number of rotatable bonds is 1. The maximum atomic E-state index is 15.0. The molecule has 0 aromatic heterocycles. The molecule has 0 spiro atoms. The van der Waals surface area contributed by atoms with Crippen molar-refractivity contribution in [2.75, 3.05) is 5.32 Å². The van der Waals surface area contributed by atoms with Crippen LogP contribution in [0.15, 0.2) is 24.3 Å². The maximum absolute atomic E-state index is 15.0. The first-order valence-electron chi connectivity index (χ1n) is 6.96. The summed E-state index contributed by atoms with van der Waals surface area (Å²) in [6, 6.07) is 8.39. The maximum Gasteiger partial charge on any atom is 0.131 e. The lowest BCUT2D eigenvalue weighted by Crippen LogP contribution is -2.49. The number of halogens is 1. The van der Waals surface area contributed by atoms with Gasteiger partial charge in [0.25, 0.3) is 0 Å². The smallest absolute Gasteiger partial charge is 0.131 e. The Labute approximate surface area is 108 Å². The molecule has 1 saturated carbocycles. The van der Waals surface area contributed by atoms with Gasteiger partial charge < -0.3 is 11.1 Å². The zero-order chi connectivity index (χ0) is 12.6. The lowest BCUT2D eigenvalue weighted by Gasteiger charge is -2.41. The first kappa shape index (κ1) is 12.0. The van der Waals surface area contributed by atoms with Crippen molar-refractivity contribution in [1.29, 1.82) is 0 Å². The van der Waals surface area contributed by atoms with E-state index in [1.165, 1.54) is 5.56 Å². The molecule has 0 saturated heterocycles. The summed E-state index contributed by atoms with van der Waals surface area (Å²) in [6.45, 7) is 0. The van der Waals surface area contributed by atoms with Crippen molar-refractivity contribution in [3.63, 3.8) is 0 Å². The average Bonchev–Trinajstić information content (AvgIpc) is 2.42. The van der Waals surface area contributed by atoms with Gasteiger partial charge in [-0.25, -0.2) is 4.39 Å². The number of anilines is 1. The highest BCUT2D eigenvalue weighted by Crippen LogP contribution is 2.39. The van der Waals surface area contributed by atoms with E-state index in [0.29, 0.717) is 12.8 Å². The number of fused-ring (bicyclic) bond motifs is 1. The fraction of sp³-hybridized carbons (Fsp3) is 0.600. The molecular formula is C15H21FN2. The van der Waals surface area contributed by atoms with E-state index in [0.717, 1.165) is 31.4 Å². The second kappa shape index (κ2) is 4.54. The molecule has 1 heterocycles. The Morgan fingerprint density at radius 3 is 2.67 bits per heavy atom. The van der Waals surface area contributed by atoms with Gasteiger partial charge in [0.05, 0.1) is 6.04 Å². The normalized spacial score (nSPS) is 35.7. The van der Waals surface area contributed by atoms with Gasteiger partial charge >= 0.3 is 0 Å². The second-order valence-electron chi connectivity index (χ2n) is 5.76. The highest BCUT2D eigenvalue weighted by Gasteiger charge is 2.42. The van der Waals surface area contributed by atoms with Crippen LogP contribution in [0.4, 0.5) is 10.1 Å². The average molecular weight is 248 g/mol. The number of para-hydroxylation sites is 1. The molecule has 1 unspecified atom stereocenters. The summed E-state index contributed by atoms with van der Waals surface area (Å²) < 4.78 is 15.0. The highest BCUT2D eigenvalue weighted by molar-refractivity contribution is 5.54. The molecule has 2 aliphatic rings. The molecule has 0 radical (unpaired) electrons. The molecule has 1 aliphatic carbocycles. The third-order valence-electron chi connectivity index (χ3n) is 4.54. The molecule has 3 heteroatoms. The van der Waals surface area contributed by atoms with Crippen LogP contribution in [0.5, 0.6) is 0 Å². The Balaban J connectivity index is 1.75. The Hall–Kier alpha value is -1.09. The number of benzene rings is 1. The molecule has 1 fully saturated rings. The summed E-state index contributed by atoms with van der Waals surface area (Å²) in [5.41, 5.74) is 7.23. The van der Waals surface area contributed by atoms with Crippen LogP contribution in [0.1, 0.15) is 37.7 Å². The Morgan fingerprint density at radius 2 is 1.89 bits per heavy atom. The fourth-order valence-electron chi connectivity index (χ4n) is 3.30. The van der Waals surface area contributed by atoms with E-state index in [-0.39, 0.29) is 12.1 Å².